The van der Waals surface area contributed by atoms with E-state index in [1.807, 2.05) is 13.8 Å². The predicted octanol–water partition coefficient (Wildman–Crippen LogP) is 1.69. The van der Waals surface area contributed by atoms with E-state index in [1.54, 1.807) is 37.3 Å². The predicted molar refractivity (Wildman–Crippen MR) is 234 cm³/mol. The molecule has 1 unspecified atom stereocenters. The number of benzene rings is 2. The Hall–Kier alpha value is -6.35. The van der Waals surface area contributed by atoms with Crippen LogP contribution in [0.2, 0.25) is 0 Å². The van der Waals surface area contributed by atoms with Crippen LogP contribution in [0, 0.1) is 11.8 Å². The molecule has 6 amide bonds. The van der Waals surface area contributed by atoms with E-state index in [4.69, 9.17) is 19.6 Å². The zero-order chi connectivity index (χ0) is 47.4. The third-order valence-corrected chi connectivity index (χ3v) is 12.7. The average molecular weight is 924 g/mol. The smallest absolute Gasteiger partial charge is 0.407 e. The molecular weight excluding hydrogens is 867 g/mol. The molecule has 1 saturated carbocycles. The number of Topliss-reactive ketones (excluding diaryl/α,β-unsaturated/α-hetero) is 1. The lowest BCUT2D eigenvalue weighted by Crippen LogP contribution is -2.58. The minimum Gasteiger partial charge on any atom is -0.496 e. The Balaban J connectivity index is 1.38. The molecule has 1 aliphatic carbocycles. The molecule has 1 aromatic heterocycles. The summed E-state index contributed by atoms with van der Waals surface area (Å²) in [5, 5.41) is 10.1. The number of carbonyl (C=O) groups excluding carboxylic acids is 7. The van der Waals surface area contributed by atoms with Gasteiger partial charge in [0.15, 0.2) is 0 Å². The van der Waals surface area contributed by atoms with Gasteiger partial charge >= 0.3 is 11.7 Å². The van der Waals surface area contributed by atoms with Crippen LogP contribution in [0.1, 0.15) is 83.7 Å². The number of methoxy groups -OCH3 is 1. The molecule has 1 saturated heterocycles. The second-order valence-electron chi connectivity index (χ2n) is 16.6. The number of rotatable bonds is 20. The molecule has 2 aromatic carbocycles. The molecule has 21 heteroatoms. The van der Waals surface area contributed by atoms with Crippen molar-refractivity contribution < 1.29 is 55.9 Å². The van der Waals surface area contributed by atoms with Crippen molar-refractivity contribution in [1.29, 1.82) is 0 Å². The van der Waals surface area contributed by atoms with Crippen LogP contribution in [-0.4, -0.2) is 106 Å². The molecule has 3 aromatic rings. The fourth-order valence-electron chi connectivity index (χ4n) is 8.00. The van der Waals surface area contributed by atoms with Gasteiger partial charge in [0.25, 0.3) is 5.91 Å². The summed E-state index contributed by atoms with van der Waals surface area (Å²) in [6, 6.07) is 6.70. The van der Waals surface area contributed by atoms with E-state index in [1.165, 1.54) is 30.2 Å². The van der Waals surface area contributed by atoms with Crippen molar-refractivity contribution in [2.45, 2.75) is 107 Å². The van der Waals surface area contributed by atoms with E-state index in [-0.39, 0.29) is 59.4 Å². The molecule has 2 aliphatic rings. The Morgan fingerprint density at radius 2 is 1.65 bits per heavy atom. The minimum absolute atomic E-state index is 0.000826. The lowest BCUT2D eigenvalue weighted by Gasteiger charge is -2.34. The molecule has 5 atom stereocenters. The van der Waals surface area contributed by atoms with Crippen molar-refractivity contribution in [2.24, 2.45) is 17.6 Å². The van der Waals surface area contributed by atoms with Crippen molar-refractivity contribution in [1.82, 2.24) is 30.9 Å². The first kappa shape index (κ1) is 49.7. The Morgan fingerprint density at radius 1 is 0.938 bits per heavy atom. The Bertz CT molecular complexity index is 2400. The highest BCUT2D eigenvalue weighted by Gasteiger charge is 2.46. The topological polar surface area (TPSA) is 292 Å². The van der Waals surface area contributed by atoms with Crippen LogP contribution in [0.5, 0.6) is 5.75 Å². The number of fused-ring (bicyclic) bond motifs is 1. The first-order chi connectivity index (χ1) is 30.9. The Kier molecular flexibility index (Phi) is 17.2. The van der Waals surface area contributed by atoms with Gasteiger partial charge in [-0.05, 0) is 61.3 Å². The van der Waals surface area contributed by atoms with Gasteiger partial charge in [-0.2, -0.15) is 0 Å². The molecule has 352 valence electrons. The van der Waals surface area contributed by atoms with Gasteiger partial charge in [0.2, 0.25) is 39.4 Å². The molecule has 1 aliphatic heterocycles. The maximum atomic E-state index is 14.7. The van der Waals surface area contributed by atoms with E-state index in [9.17, 15) is 46.8 Å². The normalized spacial score (nSPS) is 18.0. The van der Waals surface area contributed by atoms with Crippen LogP contribution in [-0.2, 0) is 43.5 Å². The fraction of sp³-hybridized carbons (Fsp3) is 0.500. The highest BCUT2D eigenvalue weighted by Crippen LogP contribution is 2.31. The number of carbonyl (C=O) groups is 7. The zero-order valence-corrected chi connectivity index (χ0v) is 37.6. The quantitative estimate of drug-likeness (QED) is 0.0696. The number of ketones is 1. The first-order valence-corrected chi connectivity index (χ1v) is 23.0. The van der Waals surface area contributed by atoms with Crippen LogP contribution in [0.15, 0.2) is 68.7 Å². The first-order valence-electron chi connectivity index (χ1n) is 21.6. The number of ether oxygens (including phenoxy) is 2. The molecule has 7 N–H and O–H groups in total. The monoisotopic (exact) mass is 923 g/mol. The van der Waals surface area contributed by atoms with Crippen LogP contribution >= 0.6 is 0 Å². The van der Waals surface area contributed by atoms with Crippen LogP contribution in [0.3, 0.4) is 0 Å². The molecule has 65 heavy (non-hydrogen) atoms. The van der Waals surface area contributed by atoms with Gasteiger partial charge in [0.1, 0.15) is 29.5 Å². The van der Waals surface area contributed by atoms with Gasteiger partial charge in [0.05, 0.1) is 42.7 Å². The minimum atomic E-state index is -4.39. The molecule has 0 radical (unpaired) electrons. The zero-order valence-electron chi connectivity index (χ0n) is 36.8. The summed E-state index contributed by atoms with van der Waals surface area (Å²) < 4.78 is 46.3. The molecule has 0 bridgehead atoms. The lowest BCUT2D eigenvalue weighted by atomic mass is 9.83. The number of sulfonamides is 1. The van der Waals surface area contributed by atoms with Gasteiger partial charge < -0.3 is 45.8 Å². The van der Waals surface area contributed by atoms with Crippen LogP contribution in [0.4, 0.5) is 4.79 Å². The van der Waals surface area contributed by atoms with Gasteiger partial charge in [-0.15, -0.1) is 0 Å². The SMILES string of the molecule is CCCC(NC(=O)[C@@H]1C[C@@H](NS(=O)(=O)c2ccc3oc(=O)cc(OC)c3c2)CN1C(=O)[C@@H](NC(=O)OCC(C)C)C1CCCCC1)C(=O)C(=O)NCC(=O)N[C@H](C(N)=O)c1ccccc1. The number of hydrogen-bond acceptors (Lipinski definition) is 13. The molecule has 2 heterocycles. The summed E-state index contributed by atoms with van der Waals surface area (Å²) in [5.41, 5.74) is 5.25. The maximum absolute atomic E-state index is 14.7. The van der Waals surface area contributed by atoms with E-state index in [2.05, 4.69) is 26.0 Å². The largest absolute Gasteiger partial charge is 0.496 e. The van der Waals surface area contributed by atoms with Crippen LogP contribution < -0.4 is 42.1 Å². The highest BCUT2D eigenvalue weighted by molar-refractivity contribution is 7.89. The number of likely N-dealkylation sites (tertiary alicyclic amines) is 1. The highest BCUT2D eigenvalue weighted by atomic mass is 32.2. The third-order valence-electron chi connectivity index (χ3n) is 11.2. The Morgan fingerprint density at radius 3 is 2.29 bits per heavy atom. The number of primary amides is 1. The van der Waals surface area contributed by atoms with Gasteiger partial charge in [0, 0.05) is 12.6 Å². The number of alkyl carbamates (subject to hydrolysis) is 1. The summed E-state index contributed by atoms with van der Waals surface area (Å²) >= 11 is 0. The second kappa shape index (κ2) is 22.5. The van der Waals surface area contributed by atoms with Crippen molar-refractivity contribution in [3.05, 3.63) is 70.6 Å². The van der Waals surface area contributed by atoms with E-state index in [0.717, 1.165) is 25.3 Å². The standard InChI is InChI=1S/C44H57N7O13S/c1-5-12-31(39(54)42(57)46-22-35(52)48-37(40(45)55)26-13-8-6-9-14-26)47-41(56)32-19-28(50-65(60,61)29-17-18-33-30(20-29)34(62-4)21-36(53)64-33)23-51(32)43(58)38(27-15-10-7-11-16-27)49-44(59)63-24-25(2)3/h6,8-9,13-14,17-18,20-21,25,27-28,31-32,37-38,50H,5,7,10-12,15-16,19,22-24H2,1-4H3,(H2,45,55)(H,46,57)(H,47,56)(H,48,52)(H,49,59)/t28-,31?,32+,37+,38+/m1/s1. The number of nitrogens with one attached hydrogen (secondary N) is 5. The van der Waals surface area contributed by atoms with Gasteiger partial charge in [-0.25, -0.2) is 22.7 Å². The summed E-state index contributed by atoms with van der Waals surface area (Å²) in [6.07, 6.45) is 2.83. The molecule has 0 spiro atoms. The number of nitrogens with zero attached hydrogens (tertiary/aromatic N) is 1. The van der Waals surface area contributed by atoms with Crippen molar-refractivity contribution in [2.75, 3.05) is 26.8 Å². The molecule has 2 fully saturated rings. The van der Waals surface area contributed by atoms with Crippen molar-refractivity contribution in [3.8, 4) is 5.75 Å². The fourth-order valence-corrected chi connectivity index (χ4v) is 9.26. The van der Waals surface area contributed by atoms with E-state index in [0.29, 0.717) is 24.8 Å². The number of nitrogens with two attached hydrogens (primary N) is 1. The Labute approximate surface area is 376 Å². The molecule has 20 nitrogen and oxygen atoms in total. The van der Waals surface area contributed by atoms with E-state index < -0.39 is 93.8 Å². The van der Waals surface area contributed by atoms with E-state index >= 15 is 0 Å². The van der Waals surface area contributed by atoms with Gasteiger partial charge in [-0.1, -0.05) is 76.8 Å². The number of hydrogen-bond donors (Lipinski definition) is 6. The maximum Gasteiger partial charge on any atom is 0.407 e. The number of amides is 6. The summed E-state index contributed by atoms with van der Waals surface area (Å²) in [4.78, 5) is 107. The van der Waals surface area contributed by atoms with Crippen LogP contribution in [0.25, 0.3) is 11.0 Å². The van der Waals surface area contributed by atoms with Crippen molar-refractivity contribution >= 4 is 62.4 Å². The van der Waals surface area contributed by atoms with Crippen molar-refractivity contribution in [3.63, 3.8) is 0 Å². The van der Waals surface area contributed by atoms with Gasteiger partial charge in [-0.3, -0.25) is 28.8 Å². The third kappa shape index (κ3) is 13.1. The summed E-state index contributed by atoms with van der Waals surface area (Å²) in [6.45, 7) is 4.44. The summed E-state index contributed by atoms with van der Waals surface area (Å²) in [7, 11) is -3.08. The second-order valence-corrected chi connectivity index (χ2v) is 18.3. The molecular formula is C44H57N7O13S. The molecule has 5 rings (SSSR count). The lowest BCUT2D eigenvalue weighted by molar-refractivity contribution is -0.143. The average Bonchev–Trinajstić information content (AvgIpc) is 3.70. The summed E-state index contributed by atoms with van der Waals surface area (Å²) in [5.74, 6) is -5.81.